The predicted octanol–water partition coefficient (Wildman–Crippen LogP) is 0.781. The maximum atomic E-state index is 7.00. The molecule has 46 valence electrons. The molecule has 0 aromatic carbocycles. The average Bonchev–Trinajstić information content (AvgIpc) is 2.24. The van der Waals surface area contributed by atoms with E-state index in [1.165, 1.54) is 0 Å². The van der Waals surface area contributed by atoms with Crippen molar-refractivity contribution in [1.82, 2.24) is 9.97 Å². The molecular formula is C4H7BrN2O. The summed E-state index contributed by atoms with van der Waals surface area (Å²) in [6.45, 7) is 0. The van der Waals surface area contributed by atoms with Crippen molar-refractivity contribution in [3.63, 3.8) is 0 Å². The first-order valence-corrected chi connectivity index (χ1v) is 2.77. The van der Waals surface area contributed by atoms with Crippen LogP contribution in [0.5, 0.6) is 0 Å². The highest BCUT2D eigenvalue weighted by Gasteiger charge is 1.76. The molecule has 4 heteroatoms. The van der Waals surface area contributed by atoms with Gasteiger partial charge in [-0.15, -0.1) is 0 Å². The summed E-state index contributed by atoms with van der Waals surface area (Å²) in [6, 6.07) is 0. The van der Waals surface area contributed by atoms with Gasteiger partial charge in [-0.1, -0.05) is 0 Å². The number of hydrogen-bond acceptors (Lipinski definition) is 2. The Hall–Kier alpha value is -0.350. The van der Waals surface area contributed by atoms with Gasteiger partial charge in [-0.3, -0.25) is 0 Å². The molecule has 1 rings (SSSR count). The van der Waals surface area contributed by atoms with Crippen LogP contribution in [-0.4, -0.2) is 22.2 Å². The Morgan fingerprint density at radius 3 is 2.50 bits per heavy atom. The number of imidazole rings is 1. The number of aliphatic hydroxyl groups excluding tert-OH is 1. The molecule has 0 saturated carbocycles. The van der Waals surface area contributed by atoms with Gasteiger partial charge in [-0.25, -0.2) is 4.98 Å². The lowest BCUT2D eigenvalue weighted by Crippen LogP contribution is -1.50. The van der Waals surface area contributed by atoms with E-state index in [1.807, 2.05) is 0 Å². The third-order valence-electron chi connectivity index (χ3n) is 0.465. The fraction of sp³-hybridized carbons (Fsp3) is 0.250. The van der Waals surface area contributed by atoms with Crippen LogP contribution in [0, 0.1) is 0 Å². The van der Waals surface area contributed by atoms with Crippen molar-refractivity contribution in [2.75, 3.05) is 7.11 Å². The molecular weight excluding hydrogens is 172 g/mol. The Balaban J connectivity index is 0.000000222. The van der Waals surface area contributed by atoms with Crippen LogP contribution < -0.4 is 0 Å². The summed E-state index contributed by atoms with van der Waals surface area (Å²) in [5.74, 6) is 0. The van der Waals surface area contributed by atoms with Crippen molar-refractivity contribution in [3.8, 4) is 0 Å². The van der Waals surface area contributed by atoms with E-state index < -0.39 is 0 Å². The number of hydrogen-bond donors (Lipinski definition) is 2. The minimum atomic E-state index is 0.919. The molecule has 0 aliphatic carbocycles. The molecule has 2 N–H and O–H groups in total. The largest absolute Gasteiger partial charge is 0.400 e. The first kappa shape index (κ1) is 7.65. The lowest BCUT2D eigenvalue weighted by atomic mass is 11.0. The van der Waals surface area contributed by atoms with E-state index in [9.17, 15) is 0 Å². The second-order valence-electron chi connectivity index (χ2n) is 0.900. The predicted molar refractivity (Wildman–Crippen MR) is 34.4 cm³/mol. The molecule has 0 atom stereocenters. The zero-order valence-electron chi connectivity index (χ0n) is 4.43. The van der Waals surface area contributed by atoms with Crippen molar-refractivity contribution in [3.05, 3.63) is 17.1 Å². The molecule has 0 spiro atoms. The molecule has 3 nitrogen and oxygen atoms in total. The van der Waals surface area contributed by atoms with Crippen LogP contribution >= 0.6 is 15.9 Å². The Kier molecular flexibility index (Phi) is 4.59. The second-order valence-corrected chi connectivity index (χ2v) is 1.75. The molecule has 0 amide bonds. The van der Waals surface area contributed by atoms with Crippen molar-refractivity contribution in [1.29, 1.82) is 0 Å². The first-order chi connectivity index (χ1) is 3.89. The van der Waals surface area contributed by atoms with E-state index in [4.69, 9.17) is 5.11 Å². The molecule has 8 heavy (non-hydrogen) atoms. The second kappa shape index (κ2) is 4.80. The number of aliphatic hydroxyl groups is 1. The SMILES string of the molecule is Brc1cnc[nH]1.CO. The van der Waals surface area contributed by atoms with E-state index in [0.717, 1.165) is 11.7 Å². The summed E-state index contributed by atoms with van der Waals surface area (Å²) < 4.78 is 0.919. The number of rotatable bonds is 0. The number of aromatic amines is 1. The summed E-state index contributed by atoms with van der Waals surface area (Å²) in [4.78, 5) is 6.52. The van der Waals surface area contributed by atoms with Crippen LogP contribution in [0.15, 0.2) is 17.1 Å². The summed E-state index contributed by atoms with van der Waals surface area (Å²) in [5, 5.41) is 7.00. The van der Waals surface area contributed by atoms with Crippen molar-refractivity contribution >= 4 is 15.9 Å². The van der Waals surface area contributed by atoms with E-state index in [1.54, 1.807) is 12.5 Å². The molecule has 1 aromatic heterocycles. The Morgan fingerprint density at radius 1 is 1.75 bits per heavy atom. The molecule has 0 bridgehead atoms. The van der Waals surface area contributed by atoms with Gasteiger partial charge in [0.15, 0.2) is 0 Å². The number of nitrogens with zero attached hydrogens (tertiary/aromatic N) is 1. The number of nitrogens with one attached hydrogen (secondary N) is 1. The van der Waals surface area contributed by atoms with Crippen LogP contribution in [0.2, 0.25) is 0 Å². The summed E-state index contributed by atoms with van der Waals surface area (Å²) in [7, 11) is 1.00. The van der Waals surface area contributed by atoms with Crippen LogP contribution in [0.3, 0.4) is 0 Å². The molecule has 1 aromatic rings. The van der Waals surface area contributed by atoms with Crippen LogP contribution in [-0.2, 0) is 0 Å². The first-order valence-electron chi connectivity index (χ1n) is 1.98. The summed E-state index contributed by atoms with van der Waals surface area (Å²) in [5.41, 5.74) is 0. The van der Waals surface area contributed by atoms with Crippen molar-refractivity contribution in [2.45, 2.75) is 0 Å². The van der Waals surface area contributed by atoms with Gasteiger partial charge in [0.25, 0.3) is 0 Å². The molecule has 0 aliphatic rings. The minimum Gasteiger partial charge on any atom is -0.400 e. The van der Waals surface area contributed by atoms with E-state index in [0.29, 0.717) is 0 Å². The Morgan fingerprint density at radius 2 is 2.38 bits per heavy atom. The van der Waals surface area contributed by atoms with E-state index in [2.05, 4.69) is 25.9 Å². The van der Waals surface area contributed by atoms with Crippen LogP contribution in [0.25, 0.3) is 0 Å². The van der Waals surface area contributed by atoms with Gasteiger partial charge < -0.3 is 10.1 Å². The number of H-pyrrole nitrogens is 1. The van der Waals surface area contributed by atoms with Crippen molar-refractivity contribution < 1.29 is 5.11 Å². The Labute approximate surface area is 55.9 Å². The highest BCUT2D eigenvalue weighted by Crippen LogP contribution is 1.98. The third-order valence-corrected chi connectivity index (χ3v) is 0.899. The maximum Gasteiger partial charge on any atom is 0.102 e. The molecule has 0 aliphatic heterocycles. The highest BCUT2D eigenvalue weighted by molar-refractivity contribution is 9.10. The van der Waals surface area contributed by atoms with Gasteiger partial charge in [0.05, 0.1) is 12.5 Å². The lowest BCUT2D eigenvalue weighted by Gasteiger charge is -1.64. The topological polar surface area (TPSA) is 48.9 Å². The fourth-order valence-corrected chi connectivity index (χ4v) is 0.459. The van der Waals surface area contributed by atoms with Crippen LogP contribution in [0.4, 0.5) is 0 Å². The number of halogens is 1. The molecule has 1 heterocycles. The van der Waals surface area contributed by atoms with Crippen LogP contribution in [0.1, 0.15) is 0 Å². The normalized spacial score (nSPS) is 7.38. The minimum absolute atomic E-state index is 0.919. The maximum absolute atomic E-state index is 7.00. The highest BCUT2D eigenvalue weighted by atomic mass is 79.9. The lowest BCUT2D eigenvalue weighted by molar-refractivity contribution is 0.399. The van der Waals surface area contributed by atoms with Gasteiger partial charge in [0.2, 0.25) is 0 Å². The van der Waals surface area contributed by atoms with E-state index >= 15 is 0 Å². The van der Waals surface area contributed by atoms with Gasteiger partial charge in [-0.2, -0.15) is 0 Å². The smallest absolute Gasteiger partial charge is 0.102 e. The zero-order valence-corrected chi connectivity index (χ0v) is 6.01. The number of aromatic nitrogens is 2. The fourth-order valence-electron chi connectivity index (χ4n) is 0.239. The van der Waals surface area contributed by atoms with Gasteiger partial charge >= 0.3 is 0 Å². The quantitative estimate of drug-likeness (QED) is 0.618. The Bertz CT molecular complexity index is 118. The van der Waals surface area contributed by atoms with Gasteiger partial charge in [0, 0.05) is 7.11 Å². The average molecular weight is 179 g/mol. The third kappa shape index (κ3) is 2.76. The van der Waals surface area contributed by atoms with Gasteiger partial charge in [-0.05, 0) is 15.9 Å². The molecule has 0 saturated heterocycles. The summed E-state index contributed by atoms with van der Waals surface area (Å²) in [6.07, 6.45) is 3.31. The van der Waals surface area contributed by atoms with Gasteiger partial charge in [0.1, 0.15) is 4.60 Å². The molecule has 0 fully saturated rings. The van der Waals surface area contributed by atoms with E-state index in [-0.39, 0.29) is 0 Å². The summed E-state index contributed by atoms with van der Waals surface area (Å²) >= 11 is 3.16. The standard InChI is InChI=1S/C3H3BrN2.CH4O/c4-3-1-5-2-6-3;1-2/h1-2H,(H,5,6);2H,1H3. The molecule has 0 radical (unpaired) electrons. The van der Waals surface area contributed by atoms with Crippen molar-refractivity contribution in [2.24, 2.45) is 0 Å². The monoisotopic (exact) mass is 178 g/mol. The zero-order chi connectivity index (χ0) is 6.41. The molecule has 0 unspecified atom stereocenters.